The molecule has 5 aliphatic rings. The van der Waals surface area contributed by atoms with Gasteiger partial charge in [0.1, 0.15) is 0 Å². The van der Waals surface area contributed by atoms with Crippen molar-refractivity contribution in [3.63, 3.8) is 0 Å². The van der Waals surface area contributed by atoms with E-state index in [0.717, 1.165) is 54.8 Å². The summed E-state index contributed by atoms with van der Waals surface area (Å²) in [6.45, 7) is 10.1. The molecular weight excluding hydrogens is 398 g/mol. The molecule has 4 saturated carbocycles. The van der Waals surface area contributed by atoms with Crippen LogP contribution in [0.2, 0.25) is 0 Å². The first-order chi connectivity index (χ1) is 15.4. The van der Waals surface area contributed by atoms with Crippen molar-refractivity contribution in [2.24, 2.45) is 23.2 Å². The van der Waals surface area contributed by atoms with Gasteiger partial charge in [0.25, 0.3) is 5.91 Å². The lowest BCUT2D eigenvalue weighted by Gasteiger charge is -2.57. The van der Waals surface area contributed by atoms with Crippen molar-refractivity contribution in [1.29, 1.82) is 0 Å². The standard InChI is InChI=1S/C27H39N3O2/c1-4-30(19(2)3)24-7-5-23(6-8-24)25(31)28-9-11-29(12-10-28)26(32)27-16-20-13-21(17-27)15-22(14-20)18-27/h5-8,19-22H,4,9-18H2,1-3H3. The summed E-state index contributed by atoms with van der Waals surface area (Å²) in [7, 11) is 0. The van der Waals surface area contributed by atoms with Gasteiger partial charge in [-0.2, -0.15) is 0 Å². The van der Waals surface area contributed by atoms with Crippen LogP contribution < -0.4 is 4.90 Å². The van der Waals surface area contributed by atoms with Gasteiger partial charge in [-0.3, -0.25) is 9.59 Å². The third-order valence-corrected chi connectivity index (χ3v) is 8.76. The molecular formula is C27H39N3O2. The van der Waals surface area contributed by atoms with Gasteiger partial charge in [-0.05, 0) is 101 Å². The van der Waals surface area contributed by atoms with E-state index in [-0.39, 0.29) is 11.3 Å². The molecule has 5 nitrogen and oxygen atoms in total. The number of carbonyl (C=O) groups excluding carboxylic acids is 2. The molecule has 174 valence electrons. The number of rotatable bonds is 5. The Bertz CT molecular complexity index is 819. The molecule has 1 saturated heterocycles. The minimum Gasteiger partial charge on any atom is -0.369 e. The zero-order valence-electron chi connectivity index (χ0n) is 20.1. The second kappa shape index (κ2) is 8.39. The van der Waals surface area contributed by atoms with E-state index in [1.54, 1.807) is 0 Å². The summed E-state index contributed by atoms with van der Waals surface area (Å²) in [5.74, 6) is 2.86. The summed E-state index contributed by atoms with van der Waals surface area (Å²) in [4.78, 5) is 33.0. The first kappa shape index (κ1) is 21.8. The van der Waals surface area contributed by atoms with Crippen molar-refractivity contribution in [3.05, 3.63) is 29.8 Å². The molecule has 2 amide bonds. The van der Waals surface area contributed by atoms with Crippen LogP contribution in [0.3, 0.4) is 0 Å². The SMILES string of the molecule is CCN(c1ccc(C(=O)N2CCN(C(=O)C34CC5CC(CC(C5)C3)C4)CC2)cc1)C(C)C. The smallest absolute Gasteiger partial charge is 0.253 e. The molecule has 6 rings (SSSR count). The number of piperazine rings is 1. The molecule has 1 heterocycles. The predicted octanol–water partition coefficient (Wildman–Crippen LogP) is 4.42. The first-order valence-corrected chi connectivity index (χ1v) is 12.8. The van der Waals surface area contributed by atoms with Gasteiger partial charge < -0.3 is 14.7 Å². The number of hydrogen-bond donors (Lipinski definition) is 0. The minimum absolute atomic E-state index is 0.0711. The van der Waals surface area contributed by atoms with Gasteiger partial charge in [0, 0.05) is 50.0 Å². The van der Waals surface area contributed by atoms with Crippen molar-refractivity contribution >= 4 is 17.5 Å². The number of hydrogen-bond acceptors (Lipinski definition) is 3. The van der Waals surface area contributed by atoms with E-state index in [0.29, 0.717) is 38.1 Å². The topological polar surface area (TPSA) is 43.9 Å². The lowest BCUT2D eigenvalue weighted by molar-refractivity contribution is -0.159. The van der Waals surface area contributed by atoms with Crippen molar-refractivity contribution in [2.75, 3.05) is 37.6 Å². The van der Waals surface area contributed by atoms with Gasteiger partial charge in [-0.1, -0.05) is 0 Å². The lowest BCUT2D eigenvalue weighted by atomic mass is 9.49. The van der Waals surface area contributed by atoms with E-state index < -0.39 is 0 Å². The van der Waals surface area contributed by atoms with Gasteiger partial charge in [0.15, 0.2) is 0 Å². The number of amides is 2. The van der Waals surface area contributed by atoms with Crippen LogP contribution in [-0.4, -0.2) is 60.4 Å². The van der Waals surface area contributed by atoms with Crippen LogP contribution in [0.1, 0.15) is 69.7 Å². The highest BCUT2D eigenvalue weighted by Gasteiger charge is 2.55. The number of carbonyl (C=O) groups is 2. The zero-order valence-corrected chi connectivity index (χ0v) is 20.1. The van der Waals surface area contributed by atoms with Gasteiger partial charge in [0.2, 0.25) is 5.91 Å². The van der Waals surface area contributed by atoms with E-state index in [2.05, 4.69) is 42.7 Å². The Morgan fingerprint density at radius 3 is 1.88 bits per heavy atom. The van der Waals surface area contributed by atoms with E-state index in [9.17, 15) is 9.59 Å². The molecule has 0 N–H and O–H groups in total. The molecule has 0 atom stereocenters. The second-order valence-electron chi connectivity index (χ2n) is 11.2. The summed E-state index contributed by atoms with van der Waals surface area (Å²) in [6, 6.07) is 8.46. The summed E-state index contributed by atoms with van der Waals surface area (Å²) < 4.78 is 0. The third kappa shape index (κ3) is 3.82. The molecule has 5 fully saturated rings. The molecule has 32 heavy (non-hydrogen) atoms. The van der Waals surface area contributed by atoms with Crippen LogP contribution in [0.4, 0.5) is 5.69 Å². The molecule has 5 heteroatoms. The summed E-state index contributed by atoms with van der Waals surface area (Å²) in [5, 5.41) is 0. The molecule has 1 aliphatic heterocycles. The van der Waals surface area contributed by atoms with Crippen molar-refractivity contribution in [1.82, 2.24) is 9.80 Å². The Morgan fingerprint density at radius 1 is 0.906 bits per heavy atom. The number of nitrogens with zero attached hydrogens (tertiary/aromatic N) is 3. The van der Waals surface area contributed by atoms with Crippen molar-refractivity contribution in [2.45, 2.75) is 65.3 Å². The fourth-order valence-corrected chi connectivity index (χ4v) is 7.64. The highest BCUT2D eigenvalue weighted by molar-refractivity contribution is 5.95. The van der Waals surface area contributed by atoms with Gasteiger partial charge >= 0.3 is 0 Å². The van der Waals surface area contributed by atoms with Crippen LogP contribution in [0.15, 0.2) is 24.3 Å². The molecule has 1 aromatic rings. The molecule has 4 bridgehead atoms. The van der Waals surface area contributed by atoms with Crippen molar-refractivity contribution in [3.8, 4) is 0 Å². The highest BCUT2D eigenvalue weighted by atomic mass is 16.2. The minimum atomic E-state index is -0.0711. The Kier molecular flexibility index (Phi) is 5.71. The molecule has 0 radical (unpaired) electrons. The van der Waals surface area contributed by atoms with E-state index in [1.807, 2.05) is 17.0 Å². The summed E-state index contributed by atoms with van der Waals surface area (Å²) in [6.07, 6.45) is 7.44. The Balaban J connectivity index is 1.19. The summed E-state index contributed by atoms with van der Waals surface area (Å²) in [5.41, 5.74) is 1.83. The van der Waals surface area contributed by atoms with Crippen LogP contribution in [0.25, 0.3) is 0 Å². The van der Waals surface area contributed by atoms with Crippen LogP contribution in [-0.2, 0) is 4.79 Å². The average molecular weight is 438 g/mol. The Hall–Kier alpha value is -2.04. The first-order valence-electron chi connectivity index (χ1n) is 12.8. The zero-order chi connectivity index (χ0) is 22.5. The molecule has 4 aliphatic carbocycles. The number of anilines is 1. The highest BCUT2D eigenvalue weighted by Crippen LogP contribution is 2.60. The van der Waals surface area contributed by atoms with Gasteiger partial charge in [-0.25, -0.2) is 0 Å². The fraction of sp³-hybridized carbons (Fsp3) is 0.704. The normalized spacial score (nSPS) is 31.3. The van der Waals surface area contributed by atoms with Gasteiger partial charge in [-0.15, -0.1) is 0 Å². The largest absolute Gasteiger partial charge is 0.369 e. The average Bonchev–Trinajstić information content (AvgIpc) is 2.78. The predicted molar refractivity (Wildman–Crippen MR) is 128 cm³/mol. The second-order valence-corrected chi connectivity index (χ2v) is 11.2. The molecule has 0 aromatic heterocycles. The van der Waals surface area contributed by atoms with Crippen molar-refractivity contribution < 1.29 is 9.59 Å². The maximum absolute atomic E-state index is 13.6. The van der Waals surface area contributed by atoms with Gasteiger partial charge in [0.05, 0.1) is 5.41 Å². The summed E-state index contributed by atoms with van der Waals surface area (Å²) >= 11 is 0. The quantitative estimate of drug-likeness (QED) is 0.685. The Labute approximate surface area is 193 Å². The lowest BCUT2D eigenvalue weighted by Crippen LogP contribution is -2.58. The fourth-order valence-electron chi connectivity index (χ4n) is 7.64. The van der Waals surface area contributed by atoms with Crippen LogP contribution >= 0.6 is 0 Å². The van der Waals surface area contributed by atoms with Crippen LogP contribution in [0.5, 0.6) is 0 Å². The third-order valence-electron chi connectivity index (χ3n) is 8.76. The number of benzene rings is 1. The van der Waals surface area contributed by atoms with E-state index >= 15 is 0 Å². The maximum Gasteiger partial charge on any atom is 0.253 e. The molecule has 0 spiro atoms. The monoisotopic (exact) mass is 437 g/mol. The molecule has 0 unspecified atom stereocenters. The maximum atomic E-state index is 13.6. The van der Waals surface area contributed by atoms with E-state index in [1.165, 1.54) is 19.3 Å². The Morgan fingerprint density at radius 2 is 1.41 bits per heavy atom. The van der Waals surface area contributed by atoms with Crippen LogP contribution in [0, 0.1) is 23.2 Å². The van der Waals surface area contributed by atoms with E-state index in [4.69, 9.17) is 0 Å². The molecule has 1 aromatic carbocycles.